The summed E-state index contributed by atoms with van der Waals surface area (Å²) in [5.74, 6) is -0.0204. The molecule has 0 saturated heterocycles. The van der Waals surface area contributed by atoms with Crippen LogP contribution in [-0.2, 0) is 17.4 Å². The van der Waals surface area contributed by atoms with Crippen LogP contribution in [0.3, 0.4) is 0 Å². The number of aryl methyl sites for hydroxylation is 1. The smallest absolute Gasteiger partial charge is 0.382 e. The van der Waals surface area contributed by atoms with Gasteiger partial charge in [-0.3, -0.25) is 4.99 Å². The average molecular weight is 521 g/mol. The summed E-state index contributed by atoms with van der Waals surface area (Å²) in [6.45, 7) is 6.13. The average Bonchev–Trinajstić information content (AvgIpc) is 3.03. The number of guanidine groups is 1. The molecule has 1 heterocycles. The Morgan fingerprint density at radius 1 is 1.29 bits per heavy atom. The normalized spacial score (nSPS) is 14.3. The van der Waals surface area contributed by atoms with Crippen molar-refractivity contribution in [1.82, 2.24) is 20.2 Å². The molecule has 0 amide bonds. The van der Waals surface area contributed by atoms with E-state index >= 15 is 0 Å². The van der Waals surface area contributed by atoms with Gasteiger partial charge in [-0.1, -0.05) is 0 Å². The number of aliphatic imine (C=N–C) groups is 1. The summed E-state index contributed by atoms with van der Waals surface area (Å²) in [6, 6.07) is 0. The summed E-state index contributed by atoms with van der Waals surface area (Å²) in [7, 11) is 1.42. The fourth-order valence-corrected chi connectivity index (χ4v) is 2.50. The minimum atomic E-state index is -4.84. The highest BCUT2D eigenvalue weighted by Gasteiger charge is 2.57. The number of hydrogen-bond acceptors (Lipinski definition) is 4. The summed E-state index contributed by atoms with van der Waals surface area (Å²) in [4.78, 5) is 8.01. The maximum absolute atomic E-state index is 13.5. The molecule has 0 spiro atoms. The Kier molecular flexibility index (Phi) is 12.7. The molecule has 0 radical (unpaired) electrons. The van der Waals surface area contributed by atoms with Crippen molar-refractivity contribution in [2.24, 2.45) is 12.0 Å². The largest absolute Gasteiger partial charge is 0.424 e. The van der Waals surface area contributed by atoms with Crippen molar-refractivity contribution in [3.8, 4) is 0 Å². The number of nitrogens with one attached hydrogen (secondary N) is 2. The van der Waals surface area contributed by atoms with Gasteiger partial charge in [0.15, 0.2) is 5.96 Å². The molecule has 28 heavy (non-hydrogen) atoms. The third-order valence-corrected chi connectivity index (χ3v) is 3.95. The van der Waals surface area contributed by atoms with Gasteiger partial charge in [0, 0.05) is 58.7 Å². The lowest BCUT2D eigenvalue weighted by atomic mass is 9.97. The van der Waals surface area contributed by atoms with Gasteiger partial charge in [-0.15, -0.1) is 24.0 Å². The third-order valence-electron chi connectivity index (χ3n) is 3.95. The first-order valence-corrected chi connectivity index (χ1v) is 9.13. The third kappa shape index (κ3) is 8.11. The van der Waals surface area contributed by atoms with Crippen molar-refractivity contribution in [2.75, 3.05) is 32.8 Å². The first kappa shape index (κ1) is 26.9. The number of aromatic nitrogens is 2. The molecule has 0 aliphatic carbocycles. The van der Waals surface area contributed by atoms with Crippen molar-refractivity contribution in [2.45, 2.75) is 44.9 Å². The molecular weight excluding hydrogens is 490 g/mol. The zero-order valence-electron chi connectivity index (χ0n) is 16.6. The Hall–Kier alpha value is -1.08. The van der Waals surface area contributed by atoms with Crippen LogP contribution < -0.4 is 10.6 Å². The number of hydrogen-bond donors (Lipinski definition) is 3. The van der Waals surface area contributed by atoms with E-state index in [0.717, 1.165) is 12.8 Å². The van der Waals surface area contributed by atoms with Gasteiger partial charge in [0.05, 0.1) is 0 Å². The van der Waals surface area contributed by atoms with Crippen molar-refractivity contribution < 1.29 is 23.0 Å². The van der Waals surface area contributed by atoms with Crippen molar-refractivity contribution in [1.29, 1.82) is 0 Å². The Morgan fingerprint density at radius 2 is 2.00 bits per heavy atom. The summed E-state index contributed by atoms with van der Waals surface area (Å²) >= 11 is 0. The standard InChI is InChI=1S/C17H30F3N5O2.HI/c1-4-21-15(23-9-6-7-13-27-5-2)24-10-8-16(26,17(18,19)20)14-22-11-12-25(14)3;/h11-12,26H,4-10,13H2,1-3H3,(H2,21,23,24);1H. The van der Waals surface area contributed by atoms with Crippen LogP contribution in [0.15, 0.2) is 17.4 Å². The minimum Gasteiger partial charge on any atom is -0.382 e. The molecule has 1 aromatic heterocycles. The van der Waals surface area contributed by atoms with E-state index in [-0.39, 0.29) is 30.5 Å². The van der Waals surface area contributed by atoms with E-state index in [2.05, 4.69) is 20.6 Å². The fraction of sp³-hybridized carbons (Fsp3) is 0.765. The topological polar surface area (TPSA) is 83.7 Å². The molecule has 1 rings (SSSR count). The molecule has 0 saturated carbocycles. The molecule has 0 aliphatic rings. The highest BCUT2D eigenvalue weighted by Crippen LogP contribution is 2.40. The Bertz CT molecular complexity index is 583. The summed E-state index contributed by atoms with van der Waals surface area (Å²) in [6.07, 6.45) is -1.15. The van der Waals surface area contributed by atoms with Gasteiger partial charge in [-0.05, 0) is 26.7 Å². The van der Waals surface area contributed by atoms with E-state index in [1.54, 1.807) is 0 Å². The van der Waals surface area contributed by atoms with Crippen LogP contribution in [0.25, 0.3) is 0 Å². The first-order valence-electron chi connectivity index (χ1n) is 9.13. The molecule has 1 aromatic rings. The van der Waals surface area contributed by atoms with Crippen LogP contribution in [0.1, 0.15) is 38.9 Å². The number of halogens is 4. The van der Waals surface area contributed by atoms with Crippen LogP contribution >= 0.6 is 24.0 Å². The van der Waals surface area contributed by atoms with Crippen molar-refractivity contribution in [3.63, 3.8) is 0 Å². The Balaban J connectivity index is 0.00000729. The van der Waals surface area contributed by atoms with E-state index in [4.69, 9.17) is 4.74 Å². The molecule has 11 heteroatoms. The number of alkyl halides is 3. The molecule has 0 aromatic carbocycles. The second-order valence-corrected chi connectivity index (χ2v) is 6.06. The molecule has 164 valence electrons. The maximum Gasteiger partial charge on any atom is 0.424 e. The zero-order chi connectivity index (χ0) is 20.3. The molecule has 0 bridgehead atoms. The van der Waals surface area contributed by atoms with Crippen LogP contribution in [0.2, 0.25) is 0 Å². The van der Waals surface area contributed by atoms with Gasteiger partial charge in [-0.25, -0.2) is 4.98 Å². The Labute approximate surface area is 181 Å². The predicted molar refractivity (Wildman–Crippen MR) is 113 cm³/mol. The molecular formula is C17H31F3IN5O2. The number of ether oxygens (including phenoxy) is 1. The molecule has 1 atom stereocenters. The molecule has 0 aliphatic heterocycles. The molecule has 0 fully saturated rings. The summed E-state index contributed by atoms with van der Waals surface area (Å²) in [5, 5.41) is 16.1. The maximum atomic E-state index is 13.5. The Morgan fingerprint density at radius 3 is 2.54 bits per heavy atom. The molecule has 3 N–H and O–H groups in total. The van der Waals surface area contributed by atoms with E-state index in [0.29, 0.717) is 32.3 Å². The summed E-state index contributed by atoms with van der Waals surface area (Å²) in [5.41, 5.74) is -3.03. The van der Waals surface area contributed by atoms with Crippen LogP contribution in [0.4, 0.5) is 13.2 Å². The molecule has 7 nitrogen and oxygen atoms in total. The minimum absolute atomic E-state index is 0. The van der Waals surface area contributed by atoms with Gasteiger partial charge in [-0.2, -0.15) is 13.2 Å². The monoisotopic (exact) mass is 521 g/mol. The number of rotatable bonds is 11. The number of imidazole rings is 1. The van der Waals surface area contributed by atoms with Crippen molar-refractivity contribution in [3.05, 3.63) is 18.2 Å². The lowest BCUT2D eigenvalue weighted by Gasteiger charge is -2.30. The van der Waals surface area contributed by atoms with E-state index < -0.39 is 24.0 Å². The van der Waals surface area contributed by atoms with Gasteiger partial charge in [0.25, 0.3) is 0 Å². The highest BCUT2D eigenvalue weighted by atomic mass is 127. The second-order valence-electron chi connectivity index (χ2n) is 6.06. The summed E-state index contributed by atoms with van der Waals surface area (Å²) < 4.78 is 46.9. The van der Waals surface area contributed by atoms with Crippen molar-refractivity contribution >= 4 is 29.9 Å². The molecule has 1 unspecified atom stereocenters. The number of aliphatic hydroxyl groups is 1. The van der Waals surface area contributed by atoms with Gasteiger partial charge < -0.3 is 25.0 Å². The lowest BCUT2D eigenvalue weighted by Crippen LogP contribution is -2.48. The lowest BCUT2D eigenvalue weighted by molar-refractivity contribution is -0.272. The fourth-order valence-electron chi connectivity index (χ4n) is 2.50. The van der Waals surface area contributed by atoms with E-state index in [9.17, 15) is 18.3 Å². The zero-order valence-corrected chi connectivity index (χ0v) is 18.9. The number of nitrogens with zero attached hydrogens (tertiary/aromatic N) is 3. The predicted octanol–water partition coefficient (Wildman–Crippen LogP) is 2.55. The van der Waals surface area contributed by atoms with E-state index in [1.165, 1.54) is 24.0 Å². The van der Waals surface area contributed by atoms with Gasteiger partial charge in [0.2, 0.25) is 5.60 Å². The van der Waals surface area contributed by atoms with Gasteiger partial charge in [0.1, 0.15) is 5.82 Å². The second kappa shape index (κ2) is 13.2. The highest BCUT2D eigenvalue weighted by molar-refractivity contribution is 14.0. The van der Waals surface area contributed by atoms with Crippen LogP contribution in [0, 0.1) is 0 Å². The van der Waals surface area contributed by atoms with Crippen LogP contribution in [-0.4, -0.2) is 59.6 Å². The SMILES string of the molecule is CCNC(=NCCCCOCC)NCCC(O)(c1nccn1C)C(F)(F)F.I. The van der Waals surface area contributed by atoms with E-state index in [1.807, 2.05) is 13.8 Å². The van der Waals surface area contributed by atoms with Crippen LogP contribution in [0.5, 0.6) is 0 Å². The number of unbranched alkanes of at least 4 members (excludes halogenated alkanes) is 1. The first-order chi connectivity index (χ1) is 12.8. The quantitative estimate of drug-likeness (QED) is 0.181. The van der Waals surface area contributed by atoms with Gasteiger partial charge >= 0.3 is 6.18 Å².